The summed E-state index contributed by atoms with van der Waals surface area (Å²) in [6, 6.07) is 5.91. The van der Waals surface area contributed by atoms with Gasteiger partial charge in [0.05, 0.1) is 12.3 Å². The van der Waals surface area contributed by atoms with Gasteiger partial charge in [0, 0.05) is 0 Å². The van der Waals surface area contributed by atoms with Gasteiger partial charge in [0.2, 0.25) is 0 Å². The number of ether oxygens (including phenoxy) is 1. The first-order valence-corrected chi connectivity index (χ1v) is 7.86. The molecule has 21 heavy (non-hydrogen) atoms. The predicted molar refractivity (Wildman–Crippen MR) is 83.8 cm³/mol. The summed E-state index contributed by atoms with van der Waals surface area (Å²) >= 11 is 0. The van der Waals surface area contributed by atoms with E-state index >= 15 is 0 Å². The van der Waals surface area contributed by atoms with Crippen LogP contribution >= 0.6 is 0 Å². The van der Waals surface area contributed by atoms with Gasteiger partial charge in [-0.15, -0.1) is 0 Å². The smallest absolute Gasteiger partial charge is 0.328 e. The Labute approximate surface area is 126 Å². The molecule has 0 saturated carbocycles. The van der Waals surface area contributed by atoms with Gasteiger partial charge in [0.15, 0.2) is 0 Å². The minimum Gasteiger partial charge on any atom is -0.464 e. The van der Waals surface area contributed by atoms with E-state index in [4.69, 9.17) is 4.74 Å². The van der Waals surface area contributed by atoms with Gasteiger partial charge in [-0.25, -0.2) is 9.18 Å². The molecule has 118 valence electrons. The molecular formula is C17H26FNO2. The van der Waals surface area contributed by atoms with Gasteiger partial charge in [-0.1, -0.05) is 51.2 Å². The summed E-state index contributed by atoms with van der Waals surface area (Å²) < 4.78 is 18.7. The van der Waals surface area contributed by atoms with Gasteiger partial charge in [-0.2, -0.15) is 0 Å². The van der Waals surface area contributed by atoms with Crippen LogP contribution in [0.4, 0.5) is 10.1 Å². The van der Waals surface area contributed by atoms with Crippen LogP contribution < -0.4 is 5.32 Å². The maximum atomic E-state index is 13.7. The van der Waals surface area contributed by atoms with Crippen molar-refractivity contribution in [1.29, 1.82) is 0 Å². The number of carbonyl (C=O) groups excluding carboxylic acids is 1. The van der Waals surface area contributed by atoms with Crippen LogP contribution in [-0.2, 0) is 9.53 Å². The monoisotopic (exact) mass is 295 g/mol. The molecule has 0 bridgehead atoms. The fraction of sp³-hybridized carbons (Fsp3) is 0.588. The molecule has 1 aromatic rings. The fourth-order valence-corrected chi connectivity index (χ4v) is 2.21. The van der Waals surface area contributed by atoms with Gasteiger partial charge in [-0.05, 0) is 25.5 Å². The molecule has 0 heterocycles. The van der Waals surface area contributed by atoms with Crippen molar-refractivity contribution in [3.05, 3.63) is 30.1 Å². The Morgan fingerprint density at radius 2 is 1.90 bits per heavy atom. The molecule has 0 spiro atoms. The van der Waals surface area contributed by atoms with Crippen molar-refractivity contribution in [2.24, 2.45) is 0 Å². The average Bonchev–Trinajstić information content (AvgIpc) is 2.48. The quantitative estimate of drug-likeness (QED) is 0.509. The number of esters is 1. The molecule has 4 heteroatoms. The molecule has 0 saturated heterocycles. The number of rotatable bonds is 10. The van der Waals surface area contributed by atoms with Crippen LogP contribution in [0.5, 0.6) is 0 Å². The SMILES string of the molecule is CCCCCCCC(Nc1ccccc1F)C(=O)OCC. The molecular weight excluding hydrogens is 269 g/mol. The van der Waals surface area contributed by atoms with Gasteiger partial charge < -0.3 is 10.1 Å². The first-order chi connectivity index (χ1) is 10.2. The Morgan fingerprint density at radius 3 is 2.57 bits per heavy atom. The number of nitrogens with one attached hydrogen (secondary N) is 1. The summed E-state index contributed by atoms with van der Waals surface area (Å²) in [7, 11) is 0. The third kappa shape index (κ3) is 6.61. The summed E-state index contributed by atoms with van der Waals surface area (Å²) in [5, 5.41) is 2.97. The van der Waals surface area contributed by atoms with Crippen molar-refractivity contribution in [2.75, 3.05) is 11.9 Å². The molecule has 1 atom stereocenters. The number of unbranched alkanes of at least 4 members (excludes halogenated alkanes) is 4. The Kier molecular flexibility index (Phi) is 8.48. The molecule has 1 rings (SSSR count). The molecule has 0 aliphatic carbocycles. The van der Waals surface area contributed by atoms with Gasteiger partial charge in [0.1, 0.15) is 11.9 Å². The van der Waals surface area contributed by atoms with Crippen molar-refractivity contribution in [3.8, 4) is 0 Å². The zero-order chi connectivity index (χ0) is 15.5. The normalized spacial score (nSPS) is 12.0. The molecule has 1 aromatic carbocycles. The molecule has 1 unspecified atom stereocenters. The average molecular weight is 295 g/mol. The zero-order valence-electron chi connectivity index (χ0n) is 13.0. The fourth-order valence-electron chi connectivity index (χ4n) is 2.21. The van der Waals surface area contributed by atoms with Crippen molar-refractivity contribution < 1.29 is 13.9 Å². The number of hydrogen-bond acceptors (Lipinski definition) is 3. The lowest BCUT2D eigenvalue weighted by molar-refractivity contribution is -0.144. The largest absolute Gasteiger partial charge is 0.464 e. The van der Waals surface area contributed by atoms with E-state index < -0.39 is 6.04 Å². The van der Waals surface area contributed by atoms with Crippen molar-refractivity contribution in [3.63, 3.8) is 0 Å². The van der Waals surface area contributed by atoms with Crippen LogP contribution in [0.1, 0.15) is 52.4 Å². The summed E-state index contributed by atoms with van der Waals surface area (Å²) in [4.78, 5) is 12.0. The van der Waals surface area contributed by atoms with Crippen LogP contribution in [0.2, 0.25) is 0 Å². The topological polar surface area (TPSA) is 38.3 Å². The van der Waals surface area contributed by atoms with Gasteiger partial charge in [0.25, 0.3) is 0 Å². The first kappa shape index (κ1) is 17.5. The molecule has 0 amide bonds. The molecule has 0 aliphatic heterocycles. The number of carbonyl (C=O) groups is 1. The van der Waals surface area contributed by atoms with E-state index in [1.165, 1.54) is 25.3 Å². The number of para-hydroxylation sites is 1. The van der Waals surface area contributed by atoms with E-state index in [1.807, 2.05) is 0 Å². The number of halogens is 1. The van der Waals surface area contributed by atoms with E-state index in [1.54, 1.807) is 25.1 Å². The van der Waals surface area contributed by atoms with Crippen LogP contribution in [0.3, 0.4) is 0 Å². The Bertz CT molecular complexity index is 423. The molecule has 0 aromatic heterocycles. The maximum absolute atomic E-state index is 13.7. The highest BCUT2D eigenvalue weighted by molar-refractivity contribution is 5.79. The summed E-state index contributed by atoms with van der Waals surface area (Å²) in [5.74, 6) is -0.658. The highest BCUT2D eigenvalue weighted by Crippen LogP contribution is 2.17. The van der Waals surface area contributed by atoms with Crippen LogP contribution in [0.25, 0.3) is 0 Å². The van der Waals surface area contributed by atoms with Crippen molar-refractivity contribution in [2.45, 2.75) is 58.4 Å². The highest BCUT2D eigenvalue weighted by Gasteiger charge is 2.20. The third-order valence-electron chi connectivity index (χ3n) is 3.37. The number of benzene rings is 1. The highest BCUT2D eigenvalue weighted by atomic mass is 19.1. The Hall–Kier alpha value is -1.58. The molecule has 3 nitrogen and oxygen atoms in total. The lowest BCUT2D eigenvalue weighted by Crippen LogP contribution is -2.31. The minimum atomic E-state index is -0.483. The Morgan fingerprint density at radius 1 is 1.19 bits per heavy atom. The standard InChI is InChI=1S/C17H26FNO2/c1-3-5-6-7-8-13-16(17(20)21-4-2)19-15-12-10-9-11-14(15)18/h9-12,16,19H,3-8,13H2,1-2H3. The van der Waals surface area contributed by atoms with Crippen LogP contribution in [-0.4, -0.2) is 18.6 Å². The van der Waals surface area contributed by atoms with E-state index in [2.05, 4.69) is 12.2 Å². The molecule has 0 fully saturated rings. The molecule has 1 N–H and O–H groups in total. The van der Waals surface area contributed by atoms with Gasteiger partial charge >= 0.3 is 5.97 Å². The third-order valence-corrected chi connectivity index (χ3v) is 3.37. The lowest BCUT2D eigenvalue weighted by Gasteiger charge is -2.18. The summed E-state index contributed by atoms with van der Waals surface area (Å²) in [5.41, 5.74) is 0.351. The molecule has 0 radical (unpaired) electrons. The van der Waals surface area contributed by atoms with E-state index in [0.717, 1.165) is 12.8 Å². The lowest BCUT2D eigenvalue weighted by atomic mass is 10.1. The van der Waals surface area contributed by atoms with E-state index in [9.17, 15) is 9.18 Å². The second kappa shape index (κ2) is 10.2. The Balaban J connectivity index is 2.56. The zero-order valence-corrected chi connectivity index (χ0v) is 13.0. The number of anilines is 1. The van der Waals surface area contributed by atoms with E-state index in [0.29, 0.717) is 18.7 Å². The minimum absolute atomic E-state index is 0.309. The second-order valence-corrected chi connectivity index (χ2v) is 5.13. The van der Waals surface area contributed by atoms with Crippen molar-refractivity contribution in [1.82, 2.24) is 0 Å². The summed E-state index contributed by atoms with van der Waals surface area (Å²) in [6.07, 6.45) is 6.26. The van der Waals surface area contributed by atoms with Crippen LogP contribution in [0, 0.1) is 5.82 Å². The second-order valence-electron chi connectivity index (χ2n) is 5.13. The maximum Gasteiger partial charge on any atom is 0.328 e. The van der Waals surface area contributed by atoms with E-state index in [-0.39, 0.29) is 11.8 Å². The first-order valence-electron chi connectivity index (χ1n) is 7.86. The van der Waals surface area contributed by atoms with Crippen molar-refractivity contribution >= 4 is 11.7 Å². The van der Waals surface area contributed by atoms with Gasteiger partial charge in [-0.3, -0.25) is 0 Å². The summed E-state index contributed by atoms with van der Waals surface area (Å²) in [6.45, 7) is 4.28. The molecule has 0 aliphatic rings. The van der Waals surface area contributed by atoms with Crippen LogP contribution in [0.15, 0.2) is 24.3 Å². The number of hydrogen-bond donors (Lipinski definition) is 1. The predicted octanol–water partition coefficient (Wildman–Crippen LogP) is 4.53.